The Kier molecular flexibility index (Phi) is 11.8. The van der Waals surface area contributed by atoms with Crippen LogP contribution in [0.15, 0.2) is 29.3 Å². The number of hydrogen-bond acceptors (Lipinski definition) is 5. The van der Waals surface area contributed by atoms with Gasteiger partial charge in [-0.3, -0.25) is 4.99 Å². The fourth-order valence-corrected chi connectivity index (χ4v) is 3.07. The Morgan fingerprint density at radius 3 is 2.25 bits per heavy atom. The molecule has 28 heavy (non-hydrogen) atoms. The van der Waals surface area contributed by atoms with Gasteiger partial charge in [-0.05, 0) is 52.0 Å². The van der Waals surface area contributed by atoms with Crippen molar-refractivity contribution in [1.29, 1.82) is 0 Å². The summed E-state index contributed by atoms with van der Waals surface area (Å²) in [7, 11) is 0.343. The van der Waals surface area contributed by atoms with E-state index in [1.54, 1.807) is 27.9 Å². The number of likely N-dealkylation sites (N-methyl/N-ethyl adjacent to an activating group) is 1. The van der Waals surface area contributed by atoms with Gasteiger partial charge in [0.2, 0.25) is 0 Å². The van der Waals surface area contributed by atoms with Gasteiger partial charge in [0.25, 0.3) is 0 Å². The molecule has 0 aliphatic heterocycles. The minimum Gasteiger partial charge on any atom is -0.497 e. The van der Waals surface area contributed by atoms with Crippen molar-refractivity contribution < 1.29 is 17.9 Å². The number of hydrogen-bond donors (Lipinski definition) is 1. The van der Waals surface area contributed by atoms with E-state index in [9.17, 15) is 8.42 Å². The lowest BCUT2D eigenvalue weighted by Gasteiger charge is -2.23. The zero-order valence-electron chi connectivity index (χ0n) is 17.7. The summed E-state index contributed by atoms with van der Waals surface area (Å²) in [6.07, 6.45) is 0. The quantitative estimate of drug-likeness (QED) is 0.302. The smallest absolute Gasteiger partial charge is 0.193 e. The monoisotopic (exact) mass is 527 g/mol. The Morgan fingerprint density at radius 1 is 1.18 bits per heavy atom. The molecule has 0 fully saturated rings. The fourth-order valence-electron chi connectivity index (χ4n) is 2.13. The Morgan fingerprint density at radius 2 is 1.75 bits per heavy atom. The molecule has 0 atom stereocenters. The van der Waals surface area contributed by atoms with Gasteiger partial charge in [0.05, 0.1) is 30.7 Å². The SMILES string of the molecule is CCNC(=NCCS(=O)(=O)C(C)(C)C)N(C)CCOc1ccc(OC)cc1.I. The van der Waals surface area contributed by atoms with Crippen molar-refractivity contribution in [2.45, 2.75) is 32.4 Å². The highest BCUT2D eigenvalue weighted by molar-refractivity contribution is 14.0. The molecule has 1 N–H and O–H groups in total. The summed E-state index contributed by atoms with van der Waals surface area (Å²) in [5.74, 6) is 2.25. The summed E-state index contributed by atoms with van der Waals surface area (Å²) in [4.78, 5) is 6.37. The molecule has 0 aliphatic rings. The van der Waals surface area contributed by atoms with Gasteiger partial charge in [0.1, 0.15) is 18.1 Å². The molecule has 0 spiro atoms. The van der Waals surface area contributed by atoms with Gasteiger partial charge < -0.3 is 19.7 Å². The second-order valence-electron chi connectivity index (χ2n) is 7.11. The predicted octanol–water partition coefficient (Wildman–Crippen LogP) is 2.80. The summed E-state index contributed by atoms with van der Waals surface area (Å²) < 4.78 is 34.5. The molecule has 0 saturated carbocycles. The molecular weight excluding hydrogens is 493 g/mol. The lowest BCUT2D eigenvalue weighted by atomic mass is 10.3. The third kappa shape index (κ3) is 8.85. The standard InChI is InChI=1S/C19H33N3O4S.HI/c1-7-20-18(21-12-15-27(23,24)19(2,3)4)22(5)13-14-26-17-10-8-16(25-6)9-11-17;/h8-11H,7,12-15H2,1-6H3,(H,20,21);1H. The van der Waals surface area contributed by atoms with Gasteiger partial charge in [-0.25, -0.2) is 8.42 Å². The van der Waals surface area contributed by atoms with Crippen LogP contribution in [-0.4, -0.2) is 70.2 Å². The van der Waals surface area contributed by atoms with Gasteiger partial charge >= 0.3 is 0 Å². The topological polar surface area (TPSA) is 80.2 Å². The number of sulfone groups is 1. The van der Waals surface area contributed by atoms with Crippen LogP contribution in [0.1, 0.15) is 27.7 Å². The zero-order chi connectivity index (χ0) is 20.5. The van der Waals surface area contributed by atoms with Crippen molar-refractivity contribution in [2.24, 2.45) is 4.99 Å². The minimum atomic E-state index is -3.18. The minimum absolute atomic E-state index is 0. The maximum absolute atomic E-state index is 12.2. The third-order valence-corrected chi connectivity index (χ3v) is 6.59. The van der Waals surface area contributed by atoms with Crippen molar-refractivity contribution in [3.63, 3.8) is 0 Å². The van der Waals surface area contributed by atoms with E-state index in [1.807, 2.05) is 43.1 Å². The highest BCUT2D eigenvalue weighted by atomic mass is 127. The molecule has 0 saturated heterocycles. The van der Waals surface area contributed by atoms with Crippen molar-refractivity contribution in [3.8, 4) is 11.5 Å². The van der Waals surface area contributed by atoms with Gasteiger partial charge in [-0.2, -0.15) is 0 Å². The van der Waals surface area contributed by atoms with E-state index in [1.165, 1.54) is 0 Å². The van der Waals surface area contributed by atoms with E-state index >= 15 is 0 Å². The first kappa shape index (κ1) is 26.8. The Balaban J connectivity index is 0.00000729. The molecule has 1 rings (SSSR count). The van der Waals surface area contributed by atoms with Crippen LogP contribution in [0.4, 0.5) is 0 Å². The van der Waals surface area contributed by atoms with E-state index < -0.39 is 14.6 Å². The van der Waals surface area contributed by atoms with Crippen LogP contribution >= 0.6 is 24.0 Å². The molecule has 162 valence electrons. The number of ether oxygens (including phenoxy) is 2. The number of nitrogens with zero attached hydrogens (tertiary/aromatic N) is 2. The lowest BCUT2D eigenvalue weighted by molar-refractivity contribution is 0.281. The molecule has 0 amide bonds. The number of guanidine groups is 1. The largest absolute Gasteiger partial charge is 0.497 e. The maximum atomic E-state index is 12.2. The number of rotatable bonds is 9. The second kappa shape index (κ2) is 12.4. The normalized spacial score (nSPS) is 12.1. The average molecular weight is 527 g/mol. The number of methoxy groups -OCH3 is 1. The van der Waals surface area contributed by atoms with Crippen LogP contribution < -0.4 is 14.8 Å². The van der Waals surface area contributed by atoms with Crippen LogP contribution in [0.3, 0.4) is 0 Å². The summed E-state index contributed by atoms with van der Waals surface area (Å²) in [5.41, 5.74) is 0. The zero-order valence-corrected chi connectivity index (χ0v) is 20.8. The van der Waals surface area contributed by atoms with Crippen LogP contribution in [0.25, 0.3) is 0 Å². The Hall–Kier alpha value is -1.23. The first-order valence-corrected chi connectivity index (χ1v) is 10.7. The van der Waals surface area contributed by atoms with Gasteiger partial charge in [-0.15, -0.1) is 24.0 Å². The van der Waals surface area contributed by atoms with Gasteiger partial charge in [0, 0.05) is 13.6 Å². The Bertz CT molecular complexity index is 701. The van der Waals surface area contributed by atoms with Crippen molar-refractivity contribution >= 4 is 39.8 Å². The van der Waals surface area contributed by atoms with Crippen LogP contribution in [0.5, 0.6) is 11.5 Å². The number of aliphatic imine (C=N–C) groups is 1. The Labute approximate surface area is 186 Å². The molecule has 0 heterocycles. The van der Waals surface area contributed by atoms with Crippen molar-refractivity contribution in [3.05, 3.63) is 24.3 Å². The highest BCUT2D eigenvalue weighted by Crippen LogP contribution is 2.17. The maximum Gasteiger partial charge on any atom is 0.193 e. The summed E-state index contributed by atoms with van der Waals surface area (Å²) in [6, 6.07) is 7.41. The number of benzene rings is 1. The van der Waals surface area contributed by atoms with Gasteiger partial charge in [-0.1, -0.05) is 0 Å². The molecule has 0 radical (unpaired) electrons. The summed E-state index contributed by atoms with van der Waals surface area (Å²) in [5, 5.41) is 3.18. The third-order valence-electron chi connectivity index (χ3n) is 4.01. The van der Waals surface area contributed by atoms with Crippen molar-refractivity contribution in [1.82, 2.24) is 10.2 Å². The van der Waals surface area contributed by atoms with Gasteiger partial charge in [0.15, 0.2) is 15.8 Å². The first-order chi connectivity index (χ1) is 12.6. The molecule has 0 aliphatic carbocycles. The van der Waals surface area contributed by atoms with Crippen LogP contribution in [0, 0.1) is 0 Å². The van der Waals surface area contributed by atoms with E-state index in [0.29, 0.717) is 25.7 Å². The fraction of sp³-hybridized carbons (Fsp3) is 0.632. The molecule has 0 unspecified atom stereocenters. The molecule has 7 nitrogen and oxygen atoms in total. The van der Waals surface area contributed by atoms with Crippen LogP contribution in [-0.2, 0) is 9.84 Å². The highest BCUT2D eigenvalue weighted by Gasteiger charge is 2.28. The number of nitrogens with one attached hydrogen (secondary N) is 1. The van der Waals surface area contributed by atoms with E-state index in [0.717, 1.165) is 11.5 Å². The molecular formula is C19H34IN3O4S. The average Bonchev–Trinajstić information content (AvgIpc) is 2.60. The van der Waals surface area contributed by atoms with E-state index in [2.05, 4.69) is 10.3 Å². The predicted molar refractivity (Wildman–Crippen MR) is 126 cm³/mol. The van der Waals surface area contributed by atoms with Crippen LogP contribution in [0.2, 0.25) is 0 Å². The van der Waals surface area contributed by atoms with Crippen molar-refractivity contribution in [2.75, 3.05) is 46.2 Å². The molecule has 9 heteroatoms. The summed E-state index contributed by atoms with van der Waals surface area (Å²) in [6.45, 7) is 9.13. The van der Waals surface area contributed by atoms with E-state index in [4.69, 9.17) is 9.47 Å². The first-order valence-electron chi connectivity index (χ1n) is 9.09. The molecule has 0 aromatic heterocycles. The second-order valence-corrected chi connectivity index (χ2v) is 9.97. The molecule has 1 aromatic rings. The molecule has 1 aromatic carbocycles. The summed E-state index contributed by atoms with van der Waals surface area (Å²) >= 11 is 0. The molecule has 0 bridgehead atoms. The number of halogens is 1. The van der Waals surface area contributed by atoms with E-state index in [-0.39, 0.29) is 36.3 Å². The lowest BCUT2D eigenvalue weighted by Crippen LogP contribution is -2.41.